The molecule has 0 spiro atoms. The number of hydrogen-bond donors (Lipinski definition) is 3. The molecule has 0 unspecified atom stereocenters. The third-order valence-corrected chi connectivity index (χ3v) is 3.55. The first kappa shape index (κ1) is 14.6. The van der Waals surface area contributed by atoms with Crippen LogP contribution in [0.2, 0.25) is 0 Å². The van der Waals surface area contributed by atoms with Crippen LogP contribution in [0.1, 0.15) is 11.1 Å². The summed E-state index contributed by atoms with van der Waals surface area (Å²) in [4.78, 5) is 8.63. The molecule has 6 heteroatoms. The molecule has 1 aromatic heterocycles. The molecule has 2 rings (SSSR count). The van der Waals surface area contributed by atoms with Crippen molar-refractivity contribution in [3.8, 4) is 0 Å². The van der Waals surface area contributed by atoms with E-state index in [0.29, 0.717) is 11.0 Å². The van der Waals surface area contributed by atoms with E-state index in [4.69, 9.17) is 5.84 Å². The average molecular weight is 289 g/mol. The molecule has 4 N–H and O–H groups in total. The molecule has 1 heterocycles. The lowest BCUT2D eigenvalue weighted by molar-refractivity contribution is 0.936. The van der Waals surface area contributed by atoms with Gasteiger partial charge >= 0.3 is 0 Å². The van der Waals surface area contributed by atoms with E-state index in [2.05, 4.69) is 51.9 Å². The van der Waals surface area contributed by atoms with Gasteiger partial charge in [-0.2, -0.15) is 0 Å². The number of hydrogen-bond acceptors (Lipinski definition) is 6. The van der Waals surface area contributed by atoms with E-state index < -0.39 is 0 Å². The number of nitrogens with one attached hydrogen (secondary N) is 2. The highest BCUT2D eigenvalue weighted by molar-refractivity contribution is 7.98. The molecule has 0 bridgehead atoms. The molecule has 0 radical (unpaired) electrons. The van der Waals surface area contributed by atoms with Crippen molar-refractivity contribution in [2.45, 2.75) is 18.5 Å². The molecule has 2 aromatic rings. The zero-order valence-electron chi connectivity index (χ0n) is 11.7. The lowest BCUT2D eigenvalue weighted by Crippen LogP contribution is -2.12. The van der Waals surface area contributed by atoms with E-state index in [0.717, 1.165) is 18.8 Å². The fourth-order valence-corrected chi connectivity index (χ4v) is 2.28. The fourth-order valence-electron chi connectivity index (χ4n) is 1.90. The molecule has 0 saturated heterocycles. The molecule has 0 aliphatic heterocycles. The lowest BCUT2D eigenvalue weighted by Gasteiger charge is -2.10. The van der Waals surface area contributed by atoms with Crippen molar-refractivity contribution in [3.05, 3.63) is 41.5 Å². The first-order chi connectivity index (χ1) is 9.72. The average Bonchev–Trinajstić information content (AvgIpc) is 2.48. The van der Waals surface area contributed by atoms with Gasteiger partial charge in [-0.1, -0.05) is 36.0 Å². The van der Waals surface area contributed by atoms with Gasteiger partial charge < -0.3 is 10.7 Å². The van der Waals surface area contributed by atoms with Crippen molar-refractivity contribution in [3.63, 3.8) is 0 Å². The van der Waals surface area contributed by atoms with Crippen LogP contribution in [0, 0.1) is 6.92 Å². The second kappa shape index (κ2) is 7.12. The molecule has 0 saturated carbocycles. The van der Waals surface area contributed by atoms with Crippen LogP contribution in [-0.4, -0.2) is 22.8 Å². The van der Waals surface area contributed by atoms with Crippen LogP contribution >= 0.6 is 11.8 Å². The summed E-state index contributed by atoms with van der Waals surface area (Å²) in [7, 11) is 0. The van der Waals surface area contributed by atoms with Gasteiger partial charge in [0.1, 0.15) is 11.6 Å². The summed E-state index contributed by atoms with van der Waals surface area (Å²) in [6.45, 7) is 2.95. The predicted molar refractivity (Wildman–Crippen MR) is 85.0 cm³/mol. The van der Waals surface area contributed by atoms with Gasteiger partial charge in [-0.05, 0) is 30.7 Å². The Kier molecular flexibility index (Phi) is 5.20. The van der Waals surface area contributed by atoms with Crippen LogP contribution in [0.4, 0.5) is 11.6 Å². The molecule has 0 aliphatic rings. The van der Waals surface area contributed by atoms with Gasteiger partial charge in [0.05, 0.1) is 0 Å². The van der Waals surface area contributed by atoms with Crippen LogP contribution in [-0.2, 0) is 6.42 Å². The zero-order valence-corrected chi connectivity index (χ0v) is 12.5. The van der Waals surface area contributed by atoms with Crippen molar-refractivity contribution in [2.24, 2.45) is 5.84 Å². The summed E-state index contributed by atoms with van der Waals surface area (Å²) in [6.07, 6.45) is 2.89. The topological polar surface area (TPSA) is 75.9 Å². The minimum Gasteiger partial charge on any atom is -0.370 e. The Morgan fingerprint density at radius 3 is 2.65 bits per heavy atom. The smallest absolute Gasteiger partial charge is 0.191 e. The summed E-state index contributed by atoms with van der Waals surface area (Å²) in [5, 5.41) is 4.00. The normalized spacial score (nSPS) is 10.3. The molecule has 0 amide bonds. The first-order valence-corrected chi connectivity index (χ1v) is 7.63. The number of benzene rings is 1. The van der Waals surface area contributed by atoms with E-state index >= 15 is 0 Å². The van der Waals surface area contributed by atoms with Crippen LogP contribution in [0.15, 0.2) is 35.5 Å². The quantitative estimate of drug-likeness (QED) is 0.328. The number of anilines is 2. The van der Waals surface area contributed by atoms with Crippen molar-refractivity contribution in [1.82, 2.24) is 9.97 Å². The molecular formula is C14H19N5S. The summed E-state index contributed by atoms with van der Waals surface area (Å²) < 4.78 is 0. The lowest BCUT2D eigenvalue weighted by atomic mass is 10.1. The van der Waals surface area contributed by atoms with Crippen LogP contribution < -0.4 is 16.6 Å². The largest absolute Gasteiger partial charge is 0.370 e. The Bertz CT molecular complexity index is 551. The third-order valence-electron chi connectivity index (χ3n) is 3.00. The Morgan fingerprint density at radius 2 is 1.95 bits per heavy atom. The van der Waals surface area contributed by atoms with Crippen molar-refractivity contribution in [1.29, 1.82) is 0 Å². The Hall–Kier alpha value is -1.79. The Balaban J connectivity index is 1.99. The number of nitrogens with two attached hydrogens (primary N) is 1. The van der Waals surface area contributed by atoms with Crippen LogP contribution in [0.3, 0.4) is 0 Å². The number of hydrazine groups is 1. The predicted octanol–water partition coefficient (Wildman–Crippen LogP) is 2.45. The number of nitrogens with zero attached hydrogens (tertiary/aromatic N) is 2. The summed E-state index contributed by atoms with van der Waals surface area (Å²) >= 11 is 1.49. The molecular weight excluding hydrogens is 270 g/mol. The Morgan fingerprint density at radius 1 is 1.20 bits per heavy atom. The van der Waals surface area contributed by atoms with Gasteiger partial charge in [0, 0.05) is 12.6 Å². The Labute approximate surface area is 123 Å². The van der Waals surface area contributed by atoms with Gasteiger partial charge in [-0.25, -0.2) is 15.8 Å². The first-order valence-electron chi connectivity index (χ1n) is 6.41. The second-order valence-corrected chi connectivity index (χ2v) is 5.15. The van der Waals surface area contributed by atoms with Gasteiger partial charge in [-0.3, -0.25) is 0 Å². The maximum Gasteiger partial charge on any atom is 0.191 e. The highest BCUT2D eigenvalue weighted by Gasteiger charge is 2.03. The number of nitrogen functional groups attached to an aromatic ring is 1. The summed E-state index contributed by atoms with van der Waals surface area (Å²) in [5.41, 5.74) is 5.21. The molecule has 0 aliphatic carbocycles. The van der Waals surface area contributed by atoms with Crippen LogP contribution in [0.25, 0.3) is 0 Å². The van der Waals surface area contributed by atoms with E-state index in [9.17, 15) is 0 Å². The van der Waals surface area contributed by atoms with Gasteiger partial charge in [0.15, 0.2) is 5.16 Å². The standard InChI is InChI=1S/C14H19N5S/c1-10-5-3-4-6-11(10)7-8-16-12-9-13(19-15)18-14(17-12)20-2/h3-6,9H,7-8,15H2,1-2H3,(H2,16,17,18,19). The zero-order chi connectivity index (χ0) is 14.4. The van der Waals surface area contributed by atoms with Gasteiger partial charge in [0.2, 0.25) is 0 Å². The fraction of sp³-hybridized carbons (Fsp3) is 0.286. The van der Waals surface area contributed by atoms with Crippen molar-refractivity contribution in [2.75, 3.05) is 23.5 Å². The minimum atomic E-state index is 0.614. The highest BCUT2D eigenvalue weighted by atomic mass is 32.2. The maximum atomic E-state index is 5.40. The molecule has 20 heavy (non-hydrogen) atoms. The molecule has 0 fully saturated rings. The molecule has 0 atom stereocenters. The van der Waals surface area contributed by atoms with Crippen molar-refractivity contribution >= 4 is 23.4 Å². The monoisotopic (exact) mass is 289 g/mol. The summed E-state index contributed by atoms with van der Waals surface area (Å²) in [5.74, 6) is 6.80. The third kappa shape index (κ3) is 3.85. The molecule has 1 aromatic carbocycles. The second-order valence-electron chi connectivity index (χ2n) is 4.37. The number of aryl methyl sites for hydroxylation is 1. The van der Waals surface area contributed by atoms with Gasteiger partial charge in [-0.15, -0.1) is 0 Å². The number of rotatable bonds is 6. The highest BCUT2D eigenvalue weighted by Crippen LogP contribution is 2.16. The number of thioether (sulfide) groups is 1. The summed E-state index contributed by atoms with van der Waals surface area (Å²) in [6, 6.07) is 10.2. The maximum absolute atomic E-state index is 5.40. The molecule has 5 nitrogen and oxygen atoms in total. The number of aromatic nitrogens is 2. The van der Waals surface area contributed by atoms with Crippen molar-refractivity contribution < 1.29 is 0 Å². The van der Waals surface area contributed by atoms with Gasteiger partial charge in [0.25, 0.3) is 0 Å². The minimum absolute atomic E-state index is 0.614. The SMILES string of the molecule is CSc1nc(NN)cc(NCCc2ccccc2C)n1. The molecule has 106 valence electrons. The van der Waals surface area contributed by atoms with E-state index in [1.807, 2.05) is 6.26 Å². The van der Waals surface area contributed by atoms with E-state index in [1.54, 1.807) is 6.07 Å². The van der Waals surface area contributed by atoms with Crippen LogP contribution in [0.5, 0.6) is 0 Å². The van der Waals surface area contributed by atoms with E-state index in [-0.39, 0.29) is 0 Å². The van der Waals surface area contributed by atoms with E-state index in [1.165, 1.54) is 22.9 Å².